The van der Waals surface area contributed by atoms with E-state index in [1.165, 1.54) is 5.56 Å². The van der Waals surface area contributed by atoms with Gasteiger partial charge in [0.1, 0.15) is 5.78 Å². The zero-order chi connectivity index (χ0) is 14.4. The highest BCUT2D eigenvalue weighted by molar-refractivity contribution is 7.99. The largest absolute Gasteiger partial charge is 0.299 e. The molecule has 0 saturated heterocycles. The summed E-state index contributed by atoms with van der Waals surface area (Å²) in [6.07, 6.45) is 2.53. The van der Waals surface area contributed by atoms with Gasteiger partial charge in [0.15, 0.2) is 0 Å². The van der Waals surface area contributed by atoms with Gasteiger partial charge >= 0.3 is 0 Å². The molecule has 1 aromatic rings. The van der Waals surface area contributed by atoms with Crippen LogP contribution in [0.15, 0.2) is 18.3 Å². The zero-order valence-electron chi connectivity index (χ0n) is 12.6. The summed E-state index contributed by atoms with van der Waals surface area (Å²) in [6.45, 7) is 10.3. The average Bonchev–Trinajstić information content (AvgIpc) is 2.35. The highest BCUT2D eigenvalue weighted by atomic mass is 32.2. The lowest BCUT2D eigenvalue weighted by atomic mass is 10.0. The van der Waals surface area contributed by atoms with Crippen LogP contribution in [0.1, 0.15) is 50.6 Å². The van der Waals surface area contributed by atoms with E-state index in [1.54, 1.807) is 0 Å². The van der Waals surface area contributed by atoms with Gasteiger partial charge in [0.2, 0.25) is 0 Å². The standard InChI is InChI=1S/C16H25NOS/c1-11(2)10-19-16(8-15(18)12(3)4)14-7-6-13(5)17-9-14/h6-7,9,11-12,16H,8,10H2,1-5H3. The minimum absolute atomic E-state index is 0.112. The van der Waals surface area contributed by atoms with Crippen LogP contribution in [0.5, 0.6) is 0 Å². The second kappa shape index (κ2) is 7.68. The summed E-state index contributed by atoms with van der Waals surface area (Å²) in [5.74, 6) is 2.16. The molecule has 106 valence electrons. The Bertz CT molecular complexity index is 398. The van der Waals surface area contributed by atoms with Gasteiger partial charge in [-0.1, -0.05) is 33.8 Å². The summed E-state index contributed by atoms with van der Waals surface area (Å²) in [4.78, 5) is 16.4. The van der Waals surface area contributed by atoms with Crippen molar-refractivity contribution in [2.45, 2.75) is 46.3 Å². The molecule has 0 radical (unpaired) electrons. The molecule has 0 fully saturated rings. The Morgan fingerprint density at radius 3 is 2.42 bits per heavy atom. The van der Waals surface area contributed by atoms with Crippen molar-refractivity contribution in [1.29, 1.82) is 0 Å². The molecular formula is C16H25NOS. The van der Waals surface area contributed by atoms with E-state index in [0.29, 0.717) is 18.1 Å². The maximum absolute atomic E-state index is 12.0. The molecule has 1 aromatic heterocycles. The van der Waals surface area contributed by atoms with Crippen molar-refractivity contribution in [3.05, 3.63) is 29.6 Å². The SMILES string of the molecule is Cc1ccc(C(CC(=O)C(C)C)SCC(C)C)cn1. The Balaban J connectivity index is 2.79. The topological polar surface area (TPSA) is 30.0 Å². The minimum Gasteiger partial charge on any atom is -0.299 e. The number of pyridine rings is 1. The lowest BCUT2D eigenvalue weighted by Crippen LogP contribution is -2.12. The molecule has 19 heavy (non-hydrogen) atoms. The first-order valence-corrected chi connectivity index (χ1v) is 8.02. The van der Waals surface area contributed by atoms with Crippen molar-refractivity contribution in [1.82, 2.24) is 4.98 Å². The van der Waals surface area contributed by atoms with Gasteiger partial charge in [0.05, 0.1) is 0 Å². The first-order chi connectivity index (χ1) is 8.90. The first kappa shape index (κ1) is 16.2. The van der Waals surface area contributed by atoms with E-state index in [4.69, 9.17) is 0 Å². The number of aromatic nitrogens is 1. The Hall–Kier alpha value is -0.830. The fourth-order valence-electron chi connectivity index (χ4n) is 1.67. The molecular weight excluding hydrogens is 254 g/mol. The molecule has 0 aliphatic heterocycles. The van der Waals surface area contributed by atoms with E-state index in [9.17, 15) is 4.79 Å². The number of rotatable bonds is 7. The molecule has 1 heterocycles. The summed E-state index contributed by atoms with van der Waals surface area (Å²) in [5.41, 5.74) is 2.19. The molecule has 1 unspecified atom stereocenters. The number of carbonyl (C=O) groups is 1. The van der Waals surface area contributed by atoms with Gasteiger partial charge in [-0.3, -0.25) is 9.78 Å². The van der Waals surface area contributed by atoms with E-state index < -0.39 is 0 Å². The minimum atomic E-state index is 0.112. The Morgan fingerprint density at radius 2 is 1.95 bits per heavy atom. The maximum atomic E-state index is 12.0. The first-order valence-electron chi connectivity index (χ1n) is 6.97. The molecule has 0 aliphatic carbocycles. The lowest BCUT2D eigenvalue weighted by molar-refractivity contribution is -0.121. The third-order valence-electron chi connectivity index (χ3n) is 2.97. The molecule has 1 rings (SSSR count). The van der Waals surface area contributed by atoms with Crippen LogP contribution in [-0.4, -0.2) is 16.5 Å². The van der Waals surface area contributed by atoms with E-state index in [1.807, 2.05) is 44.8 Å². The lowest BCUT2D eigenvalue weighted by Gasteiger charge is -2.18. The van der Waals surface area contributed by atoms with E-state index >= 15 is 0 Å². The zero-order valence-corrected chi connectivity index (χ0v) is 13.5. The van der Waals surface area contributed by atoms with E-state index in [2.05, 4.69) is 24.9 Å². The van der Waals surface area contributed by atoms with Gasteiger partial charge in [-0.2, -0.15) is 11.8 Å². The van der Waals surface area contributed by atoms with Gasteiger partial charge in [-0.25, -0.2) is 0 Å². The van der Waals surface area contributed by atoms with Gasteiger partial charge in [0, 0.05) is 29.5 Å². The maximum Gasteiger partial charge on any atom is 0.136 e. The second-order valence-corrected chi connectivity index (χ2v) is 7.01. The molecule has 2 nitrogen and oxygen atoms in total. The number of hydrogen-bond donors (Lipinski definition) is 0. The third-order valence-corrected chi connectivity index (χ3v) is 4.67. The molecule has 0 spiro atoms. The predicted molar refractivity (Wildman–Crippen MR) is 83.5 cm³/mol. The van der Waals surface area contributed by atoms with E-state index in [-0.39, 0.29) is 11.2 Å². The van der Waals surface area contributed by atoms with E-state index in [0.717, 1.165) is 11.4 Å². The molecule has 0 N–H and O–H groups in total. The monoisotopic (exact) mass is 279 g/mol. The molecule has 0 bridgehead atoms. The smallest absolute Gasteiger partial charge is 0.136 e. The number of thioether (sulfide) groups is 1. The van der Waals surface area contributed by atoms with Crippen LogP contribution in [-0.2, 0) is 4.79 Å². The summed E-state index contributed by atoms with van der Waals surface area (Å²) in [5, 5.41) is 0.241. The van der Waals surface area contributed by atoms with Crippen molar-refractivity contribution in [2.75, 3.05) is 5.75 Å². The summed E-state index contributed by atoms with van der Waals surface area (Å²) >= 11 is 1.87. The Labute approximate surface area is 121 Å². The molecule has 3 heteroatoms. The van der Waals surface area contributed by atoms with Crippen LogP contribution in [0.25, 0.3) is 0 Å². The average molecular weight is 279 g/mol. The molecule has 0 aromatic carbocycles. The number of hydrogen-bond acceptors (Lipinski definition) is 3. The van der Waals surface area contributed by atoms with Crippen LogP contribution in [0, 0.1) is 18.8 Å². The summed E-state index contributed by atoms with van der Waals surface area (Å²) in [7, 11) is 0. The molecule has 1 atom stereocenters. The quantitative estimate of drug-likeness (QED) is 0.739. The highest BCUT2D eigenvalue weighted by Crippen LogP contribution is 2.34. The summed E-state index contributed by atoms with van der Waals surface area (Å²) < 4.78 is 0. The number of Topliss-reactive ketones (excluding diaryl/α,β-unsaturated/α-hetero) is 1. The van der Waals surface area contributed by atoms with Crippen molar-refractivity contribution in [3.8, 4) is 0 Å². The Morgan fingerprint density at radius 1 is 1.26 bits per heavy atom. The predicted octanol–water partition coefficient (Wildman–Crippen LogP) is 4.44. The van der Waals surface area contributed by atoms with Gasteiger partial charge < -0.3 is 0 Å². The van der Waals surface area contributed by atoms with Gasteiger partial charge in [0.25, 0.3) is 0 Å². The normalized spacial score (nSPS) is 13.0. The van der Waals surface area contributed by atoms with Gasteiger partial charge in [-0.05, 0) is 30.2 Å². The van der Waals surface area contributed by atoms with Crippen molar-refractivity contribution >= 4 is 17.5 Å². The van der Waals surface area contributed by atoms with Crippen LogP contribution in [0.2, 0.25) is 0 Å². The fourth-order valence-corrected chi connectivity index (χ4v) is 2.90. The van der Waals surface area contributed by atoms with Crippen molar-refractivity contribution in [3.63, 3.8) is 0 Å². The second-order valence-electron chi connectivity index (χ2n) is 5.77. The third kappa shape index (κ3) is 5.77. The van der Waals surface area contributed by atoms with Crippen LogP contribution in [0.4, 0.5) is 0 Å². The Kier molecular flexibility index (Phi) is 6.56. The number of ketones is 1. The number of aryl methyl sites for hydroxylation is 1. The number of nitrogens with zero attached hydrogens (tertiary/aromatic N) is 1. The van der Waals surface area contributed by atoms with Crippen molar-refractivity contribution in [2.24, 2.45) is 11.8 Å². The highest BCUT2D eigenvalue weighted by Gasteiger charge is 2.19. The molecule has 0 amide bonds. The van der Waals surface area contributed by atoms with Crippen LogP contribution in [0.3, 0.4) is 0 Å². The van der Waals surface area contributed by atoms with Gasteiger partial charge in [-0.15, -0.1) is 0 Å². The molecule has 0 saturated carbocycles. The number of carbonyl (C=O) groups excluding carboxylic acids is 1. The fraction of sp³-hybridized carbons (Fsp3) is 0.625. The van der Waals surface area contributed by atoms with Crippen LogP contribution < -0.4 is 0 Å². The van der Waals surface area contributed by atoms with Crippen molar-refractivity contribution < 1.29 is 4.79 Å². The molecule has 0 aliphatic rings. The van der Waals surface area contributed by atoms with Crippen LogP contribution >= 0.6 is 11.8 Å². The summed E-state index contributed by atoms with van der Waals surface area (Å²) in [6, 6.07) is 4.13.